The van der Waals surface area contributed by atoms with E-state index in [0.29, 0.717) is 6.42 Å². The third-order valence-electron chi connectivity index (χ3n) is 1.69. The lowest BCUT2D eigenvalue weighted by Gasteiger charge is -2.21. The van der Waals surface area contributed by atoms with E-state index in [1.54, 1.807) is 26.8 Å². The molecule has 1 amide bonds. The van der Waals surface area contributed by atoms with Crippen LogP contribution in [0.5, 0.6) is 0 Å². The van der Waals surface area contributed by atoms with Gasteiger partial charge in [-0.3, -0.25) is 4.79 Å². The van der Waals surface area contributed by atoms with Crippen molar-refractivity contribution in [1.29, 1.82) is 0 Å². The first-order valence-corrected chi connectivity index (χ1v) is 4.58. The van der Waals surface area contributed by atoms with Crippen molar-refractivity contribution in [3.05, 3.63) is 12.2 Å². The van der Waals surface area contributed by atoms with Gasteiger partial charge in [0, 0.05) is 0 Å². The number of ketones is 1. The molecule has 0 spiro atoms. The van der Waals surface area contributed by atoms with E-state index in [-0.39, 0.29) is 5.78 Å². The molecule has 78 valence electrons. The quantitative estimate of drug-likeness (QED) is 0.691. The van der Waals surface area contributed by atoms with Crippen LogP contribution in [0.1, 0.15) is 27.2 Å². The maximum Gasteiger partial charge on any atom is 0.408 e. The fourth-order valence-electron chi connectivity index (χ4n) is 1.13. The molecule has 0 aromatic carbocycles. The Hall–Kier alpha value is -1.32. The summed E-state index contributed by atoms with van der Waals surface area (Å²) in [6.07, 6.45) is 3.23. The second-order valence-electron chi connectivity index (χ2n) is 4.24. The van der Waals surface area contributed by atoms with Crippen molar-refractivity contribution in [3.8, 4) is 0 Å². The Morgan fingerprint density at radius 2 is 2.21 bits per heavy atom. The first-order chi connectivity index (χ1) is 6.38. The number of hydrogen-bond acceptors (Lipinski definition) is 3. The second-order valence-corrected chi connectivity index (χ2v) is 4.24. The molecule has 0 radical (unpaired) electrons. The minimum absolute atomic E-state index is 0.0733. The van der Waals surface area contributed by atoms with Gasteiger partial charge in [0.2, 0.25) is 0 Å². The minimum Gasteiger partial charge on any atom is -0.444 e. The molecule has 14 heavy (non-hydrogen) atoms. The normalized spacial score (nSPS) is 21.1. The van der Waals surface area contributed by atoms with E-state index < -0.39 is 17.7 Å². The summed E-state index contributed by atoms with van der Waals surface area (Å²) in [5.41, 5.74) is -0.529. The highest BCUT2D eigenvalue weighted by Crippen LogP contribution is 2.09. The third-order valence-corrected chi connectivity index (χ3v) is 1.69. The van der Waals surface area contributed by atoms with Gasteiger partial charge in [-0.2, -0.15) is 0 Å². The van der Waals surface area contributed by atoms with Crippen LogP contribution in [0.3, 0.4) is 0 Å². The summed E-state index contributed by atoms with van der Waals surface area (Å²) in [4.78, 5) is 22.4. The molecule has 1 rings (SSSR count). The van der Waals surface area contributed by atoms with E-state index in [1.165, 1.54) is 6.08 Å². The predicted molar refractivity (Wildman–Crippen MR) is 51.9 cm³/mol. The molecule has 0 saturated carbocycles. The van der Waals surface area contributed by atoms with E-state index in [1.807, 2.05) is 0 Å². The Bertz CT molecular complexity index is 276. The Kier molecular flexibility index (Phi) is 2.93. The predicted octanol–water partition coefficient (Wildman–Crippen LogP) is 1.41. The second kappa shape index (κ2) is 3.82. The average Bonchev–Trinajstić information content (AvgIpc) is 2.32. The molecule has 0 aliphatic heterocycles. The van der Waals surface area contributed by atoms with Crippen molar-refractivity contribution in [1.82, 2.24) is 5.32 Å². The van der Waals surface area contributed by atoms with Crippen LogP contribution in [0.4, 0.5) is 4.79 Å². The first kappa shape index (κ1) is 10.8. The number of carbonyl (C=O) groups is 2. The Morgan fingerprint density at radius 3 is 2.64 bits per heavy atom. The van der Waals surface area contributed by atoms with Gasteiger partial charge < -0.3 is 10.1 Å². The van der Waals surface area contributed by atoms with Gasteiger partial charge in [-0.25, -0.2) is 4.79 Å². The number of ether oxygens (including phenoxy) is 1. The van der Waals surface area contributed by atoms with Gasteiger partial charge in [0.05, 0.1) is 6.04 Å². The SMILES string of the molecule is CC(C)(C)OC(=O)N[C@H]1CC=CC1=O. The summed E-state index contributed by atoms with van der Waals surface area (Å²) in [6.45, 7) is 5.34. The molecule has 1 aliphatic carbocycles. The summed E-state index contributed by atoms with van der Waals surface area (Å²) in [5.74, 6) is -0.0733. The summed E-state index contributed by atoms with van der Waals surface area (Å²) < 4.78 is 5.02. The van der Waals surface area contributed by atoms with Gasteiger partial charge in [0.15, 0.2) is 5.78 Å². The van der Waals surface area contributed by atoms with Crippen LogP contribution >= 0.6 is 0 Å². The highest BCUT2D eigenvalue weighted by molar-refractivity contribution is 5.98. The zero-order valence-electron chi connectivity index (χ0n) is 8.66. The Morgan fingerprint density at radius 1 is 1.57 bits per heavy atom. The van der Waals surface area contributed by atoms with E-state index in [0.717, 1.165) is 0 Å². The van der Waals surface area contributed by atoms with Gasteiger partial charge in [0.25, 0.3) is 0 Å². The number of carbonyl (C=O) groups excluding carboxylic acids is 2. The Labute approximate surface area is 83.3 Å². The standard InChI is InChI=1S/C10H15NO3/c1-10(2,3)14-9(13)11-7-5-4-6-8(7)12/h4,6-7H,5H2,1-3H3,(H,11,13)/t7-/m0/s1. The molecule has 1 atom stereocenters. The van der Waals surface area contributed by atoms with Gasteiger partial charge in [-0.15, -0.1) is 0 Å². The smallest absolute Gasteiger partial charge is 0.408 e. The van der Waals surface area contributed by atoms with E-state index in [9.17, 15) is 9.59 Å². The van der Waals surface area contributed by atoms with Crippen molar-refractivity contribution in [2.45, 2.75) is 38.8 Å². The van der Waals surface area contributed by atoms with Gasteiger partial charge in [-0.1, -0.05) is 6.08 Å². The number of rotatable bonds is 1. The average molecular weight is 197 g/mol. The first-order valence-electron chi connectivity index (χ1n) is 4.58. The van der Waals surface area contributed by atoms with Crippen LogP contribution in [-0.2, 0) is 9.53 Å². The lowest BCUT2D eigenvalue weighted by Crippen LogP contribution is -2.41. The van der Waals surface area contributed by atoms with Crippen molar-refractivity contribution in [2.75, 3.05) is 0 Å². The van der Waals surface area contributed by atoms with Gasteiger partial charge in [-0.05, 0) is 33.3 Å². The van der Waals surface area contributed by atoms with Crippen molar-refractivity contribution in [3.63, 3.8) is 0 Å². The highest BCUT2D eigenvalue weighted by atomic mass is 16.6. The molecular weight excluding hydrogens is 182 g/mol. The maximum atomic E-state index is 11.2. The topological polar surface area (TPSA) is 55.4 Å². The molecule has 0 fully saturated rings. The van der Waals surface area contributed by atoms with Crippen LogP contribution < -0.4 is 5.32 Å². The number of amides is 1. The fraction of sp³-hybridized carbons (Fsp3) is 0.600. The lowest BCUT2D eigenvalue weighted by molar-refractivity contribution is -0.115. The summed E-state index contributed by atoms with van der Waals surface area (Å²) in [7, 11) is 0. The number of alkyl carbamates (subject to hydrolysis) is 1. The molecule has 0 aromatic rings. The largest absolute Gasteiger partial charge is 0.444 e. The van der Waals surface area contributed by atoms with E-state index >= 15 is 0 Å². The molecule has 0 saturated heterocycles. The zero-order chi connectivity index (χ0) is 10.8. The highest BCUT2D eigenvalue weighted by Gasteiger charge is 2.24. The molecule has 1 aliphatic rings. The molecule has 4 nitrogen and oxygen atoms in total. The van der Waals surface area contributed by atoms with Crippen molar-refractivity contribution < 1.29 is 14.3 Å². The van der Waals surface area contributed by atoms with Crippen LogP contribution in [0, 0.1) is 0 Å². The fourth-order valence-corrected chi connectivity index (χ4v) is 1.13. The summed E-state index contributed by atoms with van der Waals surface area (Å²) in [6, 6.07) is -0.440. The molecule has 0 bridgehead atoms. The minimum atomic E-state index is -0.542. The van der Waals surface area contributed by atoms with Crippen LogP contribution in [-0.4, -0.2) is 23.5 Å². The van der Waals surface area contributed by atoms with Crippen molar-refractivity contribution >= 4 is 11.9 Å². The van der Waals surface area contributed by atoms with E-state index in [2.05, 4.69) is 5.32 Å². The lowest BCUT2D eigenvalue weighted by atomic mass is 10.2. The number of hydrogen-bond donors (Lipinski definition) is 1. The summed E-state index contributed by atoms with van der Waals surface area (Å²) >= 11 is 0. The molecule has 0 aromatic heterocycles. The monoisotopic (exact) mass is 197 g/mol. The molecule has 0 unspecified atom stereocenters. The Balaban J connectivity index is 2.38. The van der Waals surface area contributed by atoms with Crippen LogP contribution in [0.25, 0.3) is 0 Å². The van der Waals surface area contributed by atoms with E-state index in [4.69, 9.17) is 4.74 Å². The van der Waals surface area contributed by atoms with Crippen LogP contribution in [0.2, 0.25) is 0 Å². The summed E-state index contributed by atoms with van der Waals surface area (Å²) in [5, 5.41) is 2.51. The molecule has 4 heteroatoms. The molecule has 0 heterocycles. The van der Waals surface area contributed by atoms with Crippen LogP contribution in [0.15, 0.2) is 12.2 Å². The zero-order valence-corrected chi connectivity index (χ0v) is 8.66. The molecule has 1 N–H and O–H groups in total. The van der Waals surface area contributed by atoms with Crippen molar-refractivity contribution in [2.24, 2.45) is 0 Å². The number of nitrogens with one attached hydrogen (secondary N) is 1. The maximum absolute atomic E-state index is 11.2. The van der Waals surface area contributed by atoms with Gasteiger partial charge in [0.1, 0.15) is 5.60 Å². The third kappa shape index (κ3) is 3.20. The van der Waals surface area contributed by atoms with Gasteiger partial charge >= 0.3 is 6.09 Å². The molecular formula is C10H15NO3.